The zero-order valence-corrected chi connectivity index (χ0v) is 13.0. The third kappa shape index (κ3) is 3.57. The van der Waals surface area contributed by atoms with E-state index in [1.807, 2.05) is 31.2 Å². The van der Waals surface area contributed by atoms with E-state index in [1.54, 1.807) is 6.07 Å². The maximum atomic E-state index is 13.5. The van der Waals surface area contributed by atoms with Gasteiger partial charge >= 0.3 is 0 Å². The van der Waals surface area contributed by atoms with Gasteiger partial charge in [-0.25, -0.2) is 8.78 Å². The smallest absolute Gasteiger partial charge is 0.159 e. The van der Waals surface area contributed by atoms with Gasteiger partial charge in [0.1, 0.15) is 11.9 Å². The minimum Gasteiger partial charge on any atom is -0.485 e. The van der Waals surface area contributed by atoms with Crippen LogP contribution in [0.2, 0.25) is 0 Å². The molecule has 0 bridgehead atoms. The van der Waals surface area contributed by atoms with Crippen molar-refractivity contribution in [3.8, 4) is 5.75 Å². The third-order valence-corrected chi connectivity index (χ3v) is 3.80. The summed E-state index contributed by atoms with van der Waals surface area (Å²) >= 11 is 0. The van der Waals surface area contributed by atoms with Crippen molar-refractivity contribution in [1.29, 1.82) is 0 Å². The van der Waals surface area contributed by atoms with Gasteiger partial charge in [-0.05, 0) is 36.8 Å². The molecule has 5 heteroatoms. The number of halogens is 3. The number of rotatable bonds is 4. The Morgan fingerprint density at radius 3 is 2.27 bits per heavy atom. The van der Waals surface area contributed by atoms with Crippen molar-refractivity contribution in [3.05, 3.63) is 65.2 Å². The van der Waals surface area contributed by atoms with E-state index in [-0.39, 0.29) is 24.4 Å². The Morgan fingerprint density at radius 1 is 1.05 bits per heavy atom. The summed E-state index contributed by atoms with van der Waals surface area (Å²) in [5, 5.41) is 3.18. The molecule has 3 rings (SSSR count). The summed E-state index contributed by atoms with van der Waals surface area (Å²) in [5.41, 5.74) is 1.82. The van der Waals surface area contributed by atoms with Gasteiger partial charge in [0.2, 0.25) is 0 Å². The Bertz CT molecular complexity index is 629. The van der Waals surface area contributed by atoms with Crippen molar-refractivity contribution in [3.63, 3.8) is 0 Å². The molecule has 1 aliphatic rings. The van der Waals surface area contributed by atoms with Crippen LogP contribution in [0.3, 0.4) is 0 Å². The highest BCUT2D eigenvalue weighted by molar-refractivity contribution is 5.85. The Morgan fingerprint density at radius 2 is 1.73 bits per heavy atom. The summed E-state index contributed by atoms with van der Waals surface area (Å²) in [6.07, 6.45) is -0.274. The second-order valence-electron chi connectivity index (χ2n) is 5.44. The van der Waals surface area contributed by atoms with Crippen LogP contribution < -0.4 is 10.1 Å². The van der Waals surface area contributed by atoms with Crippen molar-refractivity contribution in [2.45, 2.75) is 13.0 Å². The first-order valence-corrected chi connectivity index (χ1v) is 7.02. The van der Waals surface area contributed by atoms with E-state index in [1.165, 1.54) is 6.07 Å². The van der Waals surface area contributed by atoms with Crippen LogP contribution in [0.15, 0.2) is 42.5 Å². The molecule has 0 aromatic heterocycles. The molecule has 2 aromatic rings. The van der Waals surface area contributed by atoms with Gasteiger partial charge in [0, 0.05) is 19.0 Å². The van der Waals surface area contributed by atoms with Gasteiger partial charge in [-0.2, -0.15) is 0 Å². The molecule has 1 N–H and O–H groups in total. The maximum Gasteiger partial charge on any atom is 0.159 e. The van der Waals surface area contributed by atoms with Crippen molar-refractivity contribution in [1.82, 2.24) is 5.32 Å². The molecule has 0 saturated carbocycles. The van der Waals surface area contributed by atoms with Crippen molar-refractivity contribution in [2.75, 3.05) is 13.1 Å². The van der Waals surface area contributed by atoms with E-state index in [0.717, 1.165) is 30.5 Å². The lowest BCUT2D eigenvalue weighted by molar-refractivity contribution is 0.0989. The molecule has 2 aromatic carbocycles. The van der Waals surface area contributed by atoms with E-state index in [2.05, 4.69) is 5.32 Å². The first kappa shape index (κ1) is 16.7. The van der Waals surface area contributed by atoms with Crippen molar-refractivity contribution >= 4 is 12.4 Å². The molecule has 2 nitrogen and oxygen atoms in total. The van der Waals surface area contributed by atoms with E-state index in [4.69, 9.17) is 4.74 Å². The van der Waals surface area contributed by atoms with Crippen LogP contribution in [0, 0.1) is 24.5 Å². The molecule has 1 aliphatic heterocycles. The lowest BCUT2D eigenvalue weighted by Gasteiger charge is -2.35. The fraction of sp³-hybridized carbons (Fsp3) is 0.294. The number of hydrogen-bond donors (Lipinski definition) is 1. The average Bonchev–Trinajstić information content (AvgIpc) is 2.41. The zero-order chi connectivity index (χ0) is 14.8. The molecule has 0 aliphatic carbocycles. The molecule has 0 amide bonds. The summed E-state index contributed by atoms with van der Waals surface area (Å²) in [7, 11) is 0. The standard InChI is InChI=1S/C17H17F2NO.ClH/c1-11-2-5-14(6-3-11)21-17(13-9-20-10-13)12-4-7-15(18)16(19)8-12;/h2-8,13,17,20H,9-10H2,1H3;1H. The van der Waals surface area contributed by atoms with E-state index in [9.17, 15) is 8.78 Å². The molecule has 0 radical (unpaired) electrons. The van der Waals surface area contributed by atoms with E-state index < -0.39 is 11.6 Å². The second-order valence-corrected chi connectivity index (χ2v) is 5.44. The van der Waals surface area contributed by atoms with Gasteiger partial charge in [0.25, 0.3) is 0 Å². The first-order valence-electron chi connectivity index (χ1n) is 7.02. The van der Waals surface area contributed by atoms with Gasteiger partial charge < -0.3 is 10.1 Å². The number of nitrogens with one attached hydrogen (secondary N) is 1. The van der Waals surface area contributed by atoms with Crippen LogP contribution in [0.1, 0.15) is 17.2 Å². The van der Waals surface area contributed by atoms with Crippen LogP contribution in [-0.2, 0) is 0 Å². The van der Waals surface area contributed by atoms with Gasteiger partial charge in [0.05, 0.1) is 0 Å². The Balaban J connectivity index is 0.00000176. The predicted octanol–water partition coefficient (Wildman–Crippen LogP) is 4.03. The normalized spacial score (nSPS) is 15.6. The Kier molecular flexibility index (Phi) is 5.37. The third-order valence-electron chi connectivity index (χ3n) is 3.80. The summed E-state index contributed by atoms with van der Waals surface area (Å²) in [5.74, 6) is -0.671. The molecule has 22 heavy (non-hydrogen) atoms. The molecular formula is C17H18ClF2NO. The highest BCUT2D eigenvalue weighted by atomic mass is 35.5. The van der Waals surface area contributed by atoms with Crippen LogP contribution in [0.5, 0.6) is 5.75 Å². The number of benzene rings is 2. The SMILES string of the molecule is Cc1ccc(OC(c2ccc(F)c(F)c2)C2CNC2)cc1.Cl. The van der Waals surface area contributed by atoms with Crippen molar-refractivity contribution in [2.24, 2.45) is 5.92 Å². The van der Waals surface area contributed by atoms with Gasteiger partial charge in [-0.1, -0.05) is 23.8 Å². The highest BCUT2D eigenvalue weighted by Gasteiger charge is 2.30. The first-order chi connectivity index (χ1) is 10.1. The van der Waals surface area contributed by atoms with E-state index >= 15 is 0 Å². The lowest BCUT2D eigenvalue weighted by Crippen LogP contribution is -2.46. The lowest BCUT2D eigenvalue weighted by atomic mass is 9.90. The van der Waals surface area contributed by atoms with Crippen LogP contribution >= 0.6 is 12.4 Å². The van der Waals surface area contributed by atoms with Crippen LogP contribution in [-0.4, -0.2) is 13.1 Å². The molecule has 0 spiro atoms. The monoisotopic (exact) mass is 325 g/mol. The summed E-state index contributed by atoms with van der Waals surface area (Å²) in [4.78, 5) is 0. The van der Waals surface area contributed by atoms with Gasteiger partial charge in [-0.15, -0.1) is 12.4 Å². The van der Waals surface area contributed by atoms with Gasteiger partial charge in [0.15, 0.2) is 11.6 Å². The van der Waals surface area contributed by atoms with E-state index in [0.29, 0.717) is 5.56 Å². The molecule has 1 heterocycles. The molecule has 1 atom stereocenters. The summed E-state index contributed by atoms with van der Waals surface area (Å²) in [6.45, 7) is 3.64. The number of ether oxygens (including phenoxy) is 1. The largest absolute Gasteiger partial charge is 0.485 e. The summed E-state index contributed by atoms with van der Waals surface area (Å²) < 4.78 is 32.6. The maximum absolute atomic E-state index is 13.5. The fourth-order valence-corrected chi connectivity index (χ4v) is 2.41. The number of hydrogen-bond acceptors (Lipinski definition) is 2. The number of aryl methyl sites for hydroxylation is 1. The zero-order valence-electron chi connectivity index (χ0n) is 12.2. The molecule has 118 valence electrons. The second kappa shape index (κ2) is 7.07. The van der Waals surface area contributed by atoms with Crippen LogP contribution in [0.25, 0.3) is 0 Å². The fourth-order valence-electron chi connectivity index (χ4n) is 2.41. The quantitative estimate of drug-likeness (QED) is 0.916. The minimum absolute atomic E-state index is 0. The predicted molar refractivity (Wildman–Crippen MR) is 84.5 cm³/mol. The minimum atomic E-state index is -0.836. The Hall–Kier alpha value is -1.65. The van der Waals surface area contributed by atoms with Crippen molar-refractivity contribution < 1.29 is 13.5 Å². The average molecular weight is 326 g/mol. The highest BCUT2D eigenvalue weighted by Crippen LogP contribution is 2.31. The molecular weight excluding hydrogens is 308 g/mol. The van der Waals surface area contributed by atoms with Gasteiger partial charge in [-0.3, -0.25) is 0 Å². The Labute approximate surface area is 134 Å². The summed E-state index contributed by atoms with van der Waals surface area (Å²) in [6, 6.07) is 11.7. The molecule has 1 fully saturated rings. The topological polar surface area (TPSA) is 21.3 Å². The molecule has 1 unspecified atom stereocenters. The van der Waals surface area contributed by atoms with Crippen LogP contribution in [0.4, 0.5) is 8.78 Å². The molecule has 1 saturated heterocycles.